The number of anilines is 1. The summed E-state index contributed by atoms with van der Waals surface area (Å²) in [7, 11) is 0. The summed E-state index contributed by atoms with van der Waals surface area (Å²) >= 11 is 6.14. The van der Waals surface area contributed by atoms with Crippen LogP contribution in [-0.2, 0) is 11.3 Å². The Bertz CT molecular complexity index is 435. The lowest BCUT2D eigenvalue weighted by molar-refractivity contribution is -0.120. The van der Waals surface area contributed by atoms with Gasteiger partial charge in [-0.25, -0.2) is 0 Å². The first-order valence-electron chi connectivity index (χ1n) is 6.50. The first-order valence-corrected chi connectivity index (χ1v) is 6.88. The summed E-state index contributed by atoms with van der Waals surface area (Å²) in [5, 5.41) is 3.52. The van der Waals surface area contributed by atoms with E-state index in [1.165, 1.54) is 0 Å². The van der Waals surface area contributed by atoms with Crippen LogP contribution in [0.15, 0.2) is 18.2 Å². The average molecular weight is 284 g/mol. The second-order valence-electron chi connectivity index (χ2n) is 4.72. The molecule has 1 rings (SSSR count). The molecule has 4 nitrogen and oxygen atoms in total. The van der Waals surface area contributed by atoms with Crippen LogP contribution >= 0.6 is 11.6 Å². The van der Waals surface area contributed by atoms with Crippen molar-refractivity contribution >= 4 is 23.2 Å². The molecule has 106 valence electrons. The number of rotatable bonds is 6. The zero-order valence-corrected chi connectivity index (χ0v) is 12.5. The van der Waals surface area contributed by atoms with E-state index in [0.29, 0.717) is 18.1 Å². The minimum Gasteiger partial charge on any atom is -0.362 e. The molecule has 0 aliphatic heterocycles. The lowest BCUT2D eigenvalue weighted by atomic mass is 10.2. The fraction of sp³-hybridized carbons (Fsp3) is 0.500. The van der Waals surface area contributed by atoms with Crippen LogP contribution in [0.5, 0.6) is 0 Å². The highest BCUT2D eigenvalue weighted by atomic mass is 35.5. The van der Waals surface area contributed by atoms with Crippen molar-refractivity contribution in [3.05, 3.63) is 28.8 Å². The van der Waals surface area contributed by atoms with Crippen LogP contribution in [0.2, 0.25) is 5.02 Å². The Hall–Kier alpha value is -1.26. The van der Waals surface area contributed by atoms with Gasteiger partial charge >= 0.3 is 0 Å². The molecule has 19 heavy (non-hydrogen) atoms. The number of carbonyl (C=O) groups excluding carboxylic acids is 1. The molecule has 0 aliphatic rings. The summed E-state index contributed by atoms with van der Waals surface area (Å²) in [4.78, 5) is 13.8. The van der Waals surface area contributed by atoms with Crippen molar-refractivity contribution in [2.75, 3.05) is 18.0 Å². The summed E-state index contributed by atoms with van der Waals surface area (Å²) in [6.07, 6.45) is 0. The summed E-state index contributed by atoms with van der Waals surface area (Å²) < 4.78 is 0. The third-order valence-corrected chi connectivity index (χ3v) is 3.14. The fourth-order valence-corrected chi connectivity index (χ4v) is 2.08. The van der Waals surface area contributed by atoms with Gasteiger partial charge in [0.15, 0.2) is 0 Å². The maximum Gasteiger partial charge on any atom is 0.239 e. The molecular formula is C14H22ClN3O. The molecule has 0 atom stereocenters. The molecule has 0 fully saturated rings. The fourth-order valence-electron chi connectivity index (χ4n) is 1.83. The van der Waals surface area contributed by atoms with Gasteiger partial charge in [0.25, 0.3) is 0 Å². The van der Waals surface area contributed by atoms with Gasteiger partial charge in [-0.15, -0.1) is 0 Å². The Balaban J connectivity index is 2.79. The molecule has 5 heteroatoms. The summed E-state index contributed by atoms with van der Waals surface area (Å²) in [6.45, 7) is 7.38. The van der Waals surface area contributed by atoms with Crippen molar-refractivity contribution in [1.29, 1.82) is 0 Å². The largest absolute Gasteiger partial charge is 0.362 e. The number of amides is 1. The van der Waals surface area contributed by atoms with Gasteiger partial charge in [-0.2, -0.15) is 0 Å². The van der Waals surface area contributed by atoms with Gasteiger partial charge in [-0.3, -0.25) is 4.79 Å². The van der Waals surface area contributed by atoms with Crippen molar-refractivity contribution < 1.29 is 4.79 Å². The highest BCUT2D eigenvalue weighted by molar-refractivity contribution is 6.31. The van der Waals surface area contributed by atoms with Crippen LogP contribution in [0.4, 0.5) is 5.69 Å². The number of nitrogens with zero attached hydrogens (tertiary/aromatic N) is 1. The topological polar surface area (TPSA) is 58.4 Å². The number of nitrogens with two attached hydrogens (primary N) is 1. The molecule has 0 bridgehead atoms. The predicted molar refractivity (Wildman–Crippen MR) is 80.5 cm³/mol. The molecule has 0 heterocycles. The second-order valence-corrected chi connectivity index (χ2v) is 5.12. The van der Waals surface area contributed by atoms with Crippen LogP contribution < -0.4 is 16.0 Å². The number of likely N-dealkylation sites (N-methyl/N-ethyl adjacent to an activating group) is 1. The Kier molecular flexibility index (Phi) is 6.12. The van der Waals surface area contributed by atoms with E-state index in [4.69, 9.17) is 17.3 Å². The van der Waals surface area contributed by atoms with Crippen LogP contribution in [0.3, 0.4) is 0 Å². The van der Waals surface area contributed by atoms with E-state index in [2.05, 4.69) is 5.32 Å². The third-order valence-electron chi connectivity index (χ3n) is 2.79. The van der Waals surface area contributed by atoms with E-state index in [0.717, 1.165) is 17.8 Å². The van der Waals surface area contributed by atoms with Gasteiger partial charge in [0.2, 0.25) is 5.91 Å². The lowest BCUT2D eigenvalue weighted by Crippen LogP contribution is -2.40. The number of hydrogen-bond donors (Lipinski definition) is 2. The van der Waals surface area contributed by atoms with E-state index in [1.54, 1.807) is 0 Å². The van der Waals surface area contributed by atoms with Crippen molar-refractivity contribution in [2.45, 2.75) is 33.4 Å². The summed E-state index contributed by atoms with van der Waals surface area (Å²) in [5.41, 5.74) is 7.43. The number of benzene rings is 1. The third kappa shape index (κ3) is 4.73. The molecule has 0 saturated carbocycles. The van der Waals surface area contributed by atoms with Gasteiger partial charge in [0, 0.05) is 29.8 Å². The lowest BCUT2D eigenvalue weighted by Gasteiger charge is -2.23. The first-order chi connectivity index (χ1) is 8.97. The summed E-state index contributed by atoms with van der Waals surface area (Å²) in [6, 6.07) is 5.85. The molecule has 0 aromatic heterocycles. The van der Waals surface area contributed by atoms with Gasteiger partial charge in [0.05, 0.1) is 6.54 Å². The maximum absolute atomic E-state index is 11.8. The Morgan fingerprint density at radius 1 is 1.47 bits per heavy atom. The standard InChI is InChI=1S/C14H22ClN3O/c1-4-18(9-14(19)17-10(2)3)12-6-5-11(8-16)13(15)7-12/h5-7,10H,4,8-9,16H2,1-3H3,(H,17,19). The van der Waals surface area contributed by atoms with Crippen molar-refractivity contribution in [3.63, 3.8) is 0 Å². The van der Waals surface area contributed by atoms with Gasteiger partial charge in [-0.05, 0) is 38.5 Å². The Morgan fingerprint density at radius 3 is 2.63 bits per heavy atom. The van der Waals surface area contributed by atoms with E-state index in [-0.39, 0.29) is 11.9 Å². The predicted octanol–water partition coefficient (Wildman–Crippen LogP) is 2.15. The molecule has 1 aromatic carbocycles. The number of hydrogen-bond acceptors (Lipinski definition) is 3. The monoisotopic (exact) mass is 283 g/mol. The minimum absolute atomic E-state index is 0.0101. The van der Waals surface area contributed by atoms with Crippen molar-refractivity contribution in [2.24, 2.45) is 5.73 Å². The highest BCUT2D eigenvalue weighted by Gasteiger charge is 2.12. The minimum atomic E-state index is 0.0101. The number of nitrogens with one attached hydrogen (secondary N) is 1. The van der Waals surface area contributed by atoms with Crippen LogP contribution in [0.1, 0.15) is 26.3 Å². The van der Waals surface area contributed by atoms with E-state index in [1.807, 2.05) is 43.9 Å². The molecule has 0 radical (unpaired) electrons. The molecule has 0 saturated heterocycles. The number of halogens is 1. The molecule has 1 amide bonds. The average Bonchev–Trinajstić information content (AvgIpc) is 2.35. The maximum atomic E-state index is 11.8. The normalized spacial score (nSPS) is 10.6. The van der Waals surface area contributed by atoms with Gasteiger partial charge in [-0.1, -0.05) is 17.7 Å². The van der Waals surface area contributed by atoms with Gasteiger partial charge in [0.1, 0.15) is 0 Å². The molecule has 0 aliphatic carbocycles. The van der Waals surface area contributed by atoms with Crippen LogP contribution in [-0.4, -0.2) is 25.0 Å². The second kappa shape index (κ2) is 7.36. The first kappa shape index (κ1) is 15.8. The molecule has 3 N–H and O–H groups in total. The van der Waals surface area contributed by atoms with E-state index in [9.17, 15) is 4.79 Å². The SMILES string of the molecule is CCN(CC(=O)NC(C)C)c1ccc(CN)c(Cl)c1. The Morgan fingerprint density at radius 2 is 2.16 bits per heavy atom. The molecule has 0 unspecified atom stereocenters. The molecular weight excluding hydrogens is 262 g/mol. The smallest absolute Gasteiger partial charge is 0.239 e. The van der Waals surface area contributed by atoms with E-state index >= 15 is 0 Å². The summed E-state index contributed by atoms with van der Waals surface area (Å²) in [5.74, 6) is 0.0101. The Labute approximate surface area is 119 Å². The number of carbonyl (C=O) groups is 1. The van der Waals surface area contributed by atoms with Crippen LogP contribution in [0, 0.1) is 0 Å². The molecule has 0 spiro atoms. The van der Waals surface area contributed by atoms with Crippen molar-refractivity contribution in [1.82, 2.24) is 5.32 Å². The zero-order chi connectivity index (χ0) is 14.4. The van der Waals surface area contributed by atoms with E-state index < -0.39 is 0 Å². The van der Waals surface area contributed by atoms with Gasteiger partial charge < -0.3 is 16.0 Å². The molecule has 1 aromatic rings. The van der Waals surface area contributed by atoms with Crippen LogP contribution in [0.25, 0.3) is 0 Å². The quantitative estimate of drug-likeness (QED) is 0.841. The van der Waals surface area contributed by atoms with Crippen molar-refractivity contribution in [3.8, 4) is 0 Å². The zero-order valence-electron chi connectivity index (χ0n) is 11.7. The highest BCUT2D eigenvalue weighted by Crippen LogP contribution is 2.23.